The molecule has 0 saturated heterocycles. The number of aliphatic hydroxyl groups excluding tert-OH is 1. The van der Waals surface area contributed by atoms with Crippen molar-refractivity contribution in [3.8, 4) is 23.1 Å². The summed E-state index contributed by atoms with van der Waals surface area (Å²) in [6.07, 6.45) is 2.10. The van der Waals surface area contributed by atoms with Gasteiger partial charge in [-0.05, 0) is 43.3 Å². The van der Waals surface area contributed by atoms with Crippen molar-refractivity contribution >= 4 is 17.6 Å². The first-order valence-electron chi connectivity index (χ1n) is 8.94. The van der Waals surface area contributed by atoms with Crippen LogP contribution in [0.3, 0.4) is 0 Å². The van der Waals surface area contributed by atoms with E-state index in [0.717, 1.165) is 11.1 Å². The summed E-state index contributed by atoms with van der Waals surface area (Å²) in [5.74, 6) is 4.69. The minimum atomic E-state index is -1.25. The van der Waals surface area contributed by atoms with E-state index in [1.54, 1.807) is 42.1 Å². The molecule has 30 heavy (non-hydrogen) atoms. The van der Waals surface area contributed by atoms with E-state index >= 15 is 0 Å². The molecule has 0 aliphatic carbocycles. The third-order valence-electron chi connectivity index (χ3n) is 4.01. The molecule has 1 atom stereocenters. The van der Waals surface area contributed by atoms with Crippen molar-refractivity contribution < 1.29 is 19.9 Å². The van der Waals surface area contributed by atoms with Crippen LogP contribution in [0.4, 0.5) is 5.82 Å². The van der Waals surface area contributed by atoms with Gasteiger partial charge < -0.3 is 10.4 Å². The Hall–Kier alpha value is -4.06. The molecule has 8 nitrogen and oxygen atoms in total. The molecule has 3 aromatic rings. The Labute approximate surface area is 172 Å². The predicted molar refractivity (Wildman–Crippen MR) is 109 cm³/mol. The van der Waals surface area contributed by atoms with Crippen LogP contribution in [-0.4, -0.2) is 38.2 Å². The first-order valence-corrected chi connectivity index (χ1v) is 8.94. The van der Waals surface area contributed by atoms with Gasteiger partial charge in [0.25, 0.3) is 11.8 Å². The molecule has 4 N–H and O–H groups in total. The van der Waals surface area contributed by atoms with Gasteiger partial charge in [-0.25, -0.2) is 10.5 Å². The molecule has 0 bridgehead atoms. The van der Waals surface area contributed by atoms with Crippen molar-refractivity contribution in [3.63, 3.8) is 0 Å². The number of carbonyl (C=O) groups is 2. The second-order valence-electron chi connectivity index (χ2n) is 6.30. The van der Waals surface area contributed by atoms with Crippen molar-refractivity contribution in [1.29, 1.82) is 0 Å². The first-order chi connectivity index (χ1) is 14.5. The average Bonchev–Trinajstić information content (AvgIpc) is 2.77. The lowest BCUT2D eigenvalue weighted by atomic mass is 10.1. The van der Waals surface area contributed by atoms with Crippen LogP contribution < -0.4 is 10.8 Å². The van der Waals surface area contributed by atoms with E-state index in [9.17, 15) is 14.7 Å². The normalized spacial score (nSPS) is 11.0. The van der Waals surface area contributed by atoms with Gasteiger partial charge in [0.2, 0.25) is 0 Å². The van der Waals surface area contributed by atoms with Gasteiger partial charge in [0.1, 0.15) is 11.9 Å². The van der Waals surface area contributed by atoms with E-state index in [-0.39, 0.29) is 11.4 Å². The maximum atomic E-state index is 11.9. The van der Waals surface area contributed by atoms with Crippen LogP contribution >= 0.6 is 0 Å². The van der Waals surface area contributed by atoms with Crippen LogP contribution in [0.1, 0.15) is 28.4 Å². The van der Waals surface area contributed by atoms with Crippen LogP contribution in [0, 0.1) is 11.8 Å². The minimum Gasteiger partial charge on any atom is -0.384 e. The number of anilines is 1. The van der Waals surface area contributed by atoms with Crippen LogP contribution in [0.5, 0.6) is 0 Å². The number of rotatable bonds is 4. The Balaban J connectivity index is 1.91. The van der Waals surface area contributed by atoms with Gasteiger partial charge in [-0.2, -0.15) is 0 Å². The summed E-state index contributed by atoms with van der Waals surface area (Å²) in [7, 11) is 0. The molecule has 0 aliphatic rings. The van der Waals surface area contributed by atoms with E-state index in [1.807, 2.05) is 12.1 Å². The number of hydroxylamine groups is 1. The summed E-state index contributed by atoms with van der Waals surface area (Å²) in [4.78, 5) is 32.0. The van der Waals surface area contributed by atoms with Crippen molar-refractivity contribution in [2.45, 2.75) is 13.0 Å². The molecule has 2 heterocycles. The molecule has 150 valence electrons. The lowest BCUT2D eigenvalue weighted by Gasteiger charge is -2.11. The van der Waals surface area contributed by atoms with E-state index in [1.165, 1.54) is 19.1 Å². The Morgan fingerprint density at radius 1 is 1.07 bits per heavy atom. The molecule has 2 amide bonds. The molecule has 0 radical (unpaired) electrons. The van der Waals surface area contributed by atoms with Gasteiger partial charge in [-0.1, -0.05) is 24.0 Å². The van der Waals surface area contributed by atoms with Crippen molar-refractivity contribution in [2.24, 2.45) is 0 Å². The van der Waals surface area contributed by atoms with Crippen LogP contribution in [0.15, 0.2) is 60.9 Å². The maximum Gasteiger partial charge on any atom is 0.274 e. The summed E-state index contributed by atoms with van der Waals surface area (Å²) in [6.45, 7) is 1.31. The average molecular weight is 402 g/mol. The van der Waals surface area contributed by atoms with Gasteiger partial charge in [0, 0.05) is 34.6 Å². The Morgan fingerprint density at radius 2 is 1.80 bits per heavy atom. The Bertz CT molecular complexity index is 1120. The van der Waals surface area contributed by atoms with E-state index in [0.29, 0.717) is 11.3 Å². The van der Waals surface area contributed by atoms with E-state index in [4.69, 9.17) is 5.21 Å². The largest absolute Gasteiger partial charge is 0.384 e. The minimum absolute atomic E-state index is 0.0671. The molecule has 0 fully saturated rings. The number of aromatic nitrogens is 2. The van der Waals surface area contributed by atoms with Crippen LogP contribution in [-0.2, 0) is 4.79 Å². The van der Waals surface area contributed by atoms with Crippen LogP contribution in [0.2, 0.25) is 0 Å². The molecular weight excluding hydrogens is 384 g/mol. The number of pyridine rings is 2. The molecule has 3 rings (SSSR count). The highest BCUT2D eigenvalue weighted by Gasteiger charge is 2.14. The fourth-order valence-electron chi connectivity index (χ4n) is 2.47. The SMILES string of the molecule is C[C@H](O)C(=O)Nc1cc(C(=O)NO)cc(-c2ccc(C#Cc3cccnc3)cc2)n1. The Kier molecular flexibility index (Phi) is 6.49. The number of benzene rings is 1. The highest BCUT2D eigenvalue weighted by atomic mass is 16.5. The van der Waals surface area contributed by atoms with Gasteiger partial charge in [-0.15, -0.1) is 0 Å². The number of carbonyl (C=O) groups excluding carboxylic acids is 2. The molecule has 0 spiro atoms. The monoisotopic (exact) mass is 402 g/mol. The fraction of sp³-hybridized carbons (Fsp3) is 0.0909. The maximum absolute atomic E-state index is 11.9. The number of aliphatic hydroxyl groups is 1. The first kappa shape index (κ1) is 20.7. The number of hydrogen-bond acceptors (Lipinski definition) is 6. The summed E-state index contributed by atoms with van der Waals surface area (Å²) in [5.41, 5.74) is 4.27. The Morgan fingerprint density at radius 3 is 2.43 bits per heavy atom. The number of hydrogen-bond donors (Lipinski definition) is 4. The molecule has 0 unspecified atom stereocenters. The van der Waals surface area contributed by atoms with E-state index in [2.05, 4.69) is 27.1 Å². The van der Waals surface area contributed by atoms with Gasteiger partial charge in [0.15, 0.2) is 0 Å². The zero-order valence-electron chi connectivity index (χ0n) is 16.0. The number of nitrogens with one attached hydrogen (secondary N) is 2. The van der Waals surface area contributed by atoms with Crippen molar-refractivity contribution in [3.05, 3.63) is 77.6 Å². The standard InChI is InChI=1S/C22H18N4O4/c1-14(27)21(28)25-20-12-18(22(29)26-30)11-19(24-20)17-8-6-15(7-9-17)4-5-16-3-2-10-23-13-16/h2-3,6-14,27,30H,1H3,(H,26,29)(H,24,25,28)/t14-/m0/s1. The van der Waals surface area contributed by atoms with Crippen molar-refractivity contribution in [1.82, 2.24) is 15.4 Å². The fourth-order valence-corrected chi connectivity index (χ4v) is 2.47. The molecule has 2 aromatic heterocycles. The molecular formula is C22H18N4O4. The third kappa shape index (κ3) is 5.26. The molecule has 0 aliphatic heterocycles. The van der Waals surface area contributed by atoms with Crippen molar-refractivity contribution in [2.75, 3.05) is 5.32 Å². The summed E-state index contributed by atoms with van der Waals surface area (Å²) >= 11 is 0. The summed E-state index contributed by atoms with van der Waals surface area (Å²) < 4.78 is 0. The predicted octanol–water partition coefficient (Wildman–Crippen LogP) is 1.98. The van der Waals surface area contributed by atoms with E-state index < -0.39 is 17.9 Å². The highest BCUT2D eigenvalue weighted by molar-refractivity contribution is 5.98. The molecule has 1 aromatic carbocycles. The number of amides is 2. The molecule has 8 heteroatoms. The number of nitrogens with zero attached hydrogens (tertiary/aromatic N) is 2. The van der Waals surface area contributed by atoms with Gasteiger partial charge in [-0.3, -0.25) is 19.8 Å². The summed E-state index contributed by atoms with van der Waals surface area (Å²) in [6, 6.07) is 13.6. The lowest BCUT2D eigenvalue weighted by molar-refractivity contribution is -0.123. The van der Waals surface area contributed by atoms with Gasteiger partial charge in [0.05, 0.1) is 5.69 Å². The highest BCUT2D eigenvalue weighted by Crippen LogP contribution is 2.22. The quantitative estimate of drug-likeness (QED) is 0.301. The third-order valence-corrected chi connectivity index (χ3v) is 4.01. The second kappa shape index (κ2) is 9.43. The summed E-state index contributed by atoms with van der Waals surface area (Å²) in [5, 5.41) is 20.7. The lowest BCUT2D eigenvalue weighted by Crippen LogP contribution is -2.25. The van der Waals surface area contributed by atoms with Crippen LogP contribution in [0.25, 0.3) is 11.3 Å². The topological polar surface area (TPSA) is 124 Å². The smallest absolute Gasteiger partial charge is 0.274 e. The molecule has 0 saturated carbocycles. The zero-order valence-corrected chi connectivity index (χ0v) is 16.0. The van der Waals surface area contributed by atoms with Gasteiger partial charge >= 0.3 is 0 Å². The second-order valence-corrected chi connectivity index (χ2v) is 6.30. The zero-order chi connectivity index (χ0) is 21.5.